The van der Waals surface area contributed by atoms with Crippen LogP contribution < -0.4 is 5.32 Å². The molecule has 0 radical (unpaired) electrons. The number of rotatable bonds is 7. The van der Waals surface area contributed by atoms with E-state index in [1.54, 1.807) is 17.0 Å². The Labute approximate surface area is 177 Å². The lowest BCUT2D eigenvalue weighted by Crippen LogP contribution is -2.42. The third-order valence-corrected chi connectivity index (χ3v) is 4.69. The van der Waals surface area contributed by atoms with E-state index < -0.39 is 11.7 Å². The van der Waals surface area contributed by atoms with Crippen molar-refractivity contribution < 1.29 is 18.0 Å². The molecule has 0 bridgehead atoms. The molecule has 0 saturated carbocycles. The summed E-state index contributed by atoms with van der Waals surface area (Å²) >= 11 is 0. The van der Waals surface area contributed by atoms with Crippen LogP contribution in [0.3, 0.4) is 0 Å². The summed E-state index contributed by atoms with van der Waals surface area (Å²) in [7, 11) is 0. The third-order valence-electron chi connectivity index (χ3n) is 4.69. The quantitative estimate of drug-likeness (QED) is 0.615. The number of aromatic nitrogens is 5. The second-order valence-electron chi connectivity index (χ2n) is 6.95. The normalized spacial score (nSPS) is 12.5. The molecular weight excluding hydrogens is 411 g/mol. The molecule has 0 aliphatic rings. The van der Waals surface area contributed by atoms with Gasteiger partial charge in [-0.2, -0.15) is 28.2 Å². The number of hydrogen-bond acceptors (Lipinski definition) is 6. The second kappa shape index (κ2) is 9.11. The molecule has 3 rings (SSSR count). The fourth-order valence-electron chi connectivity index (χ4n) is 3.06. The highest BCUT2D eigenvalue weighted by atomic mass is 19.4. The second-order valence-corrected chi connectivity index (χ2v) is 6.95. The maximum atomic E-state index is 13.3. The van der Waals surface area contributed by atoms with Crippen LogP contribution in [0.15, 0.2) is 43.0 Å². The van der Waals surface area contributed by atoms with Gasteiger partial charge in [0.05, 0.1) is 29.2 Å². The zero-order chi connectivity index (χ0) is 22.6. The van der Waals surface area contributed by atoms with E-state index in [2.05, 4.69) is 25.5 Å². The Morgan fingerprint density at radius 3 is 2.42 bits per heavy atom. The van der Waals surface area contributed by atoms with E-state index in [4.69, 9.17) is 0 Å². The Balaban J connectivity index is 1.74. The summed E-state index contributed by atoms with van der Waals surface area (Å²) in [6, 6.07) is 5.15. The smallest absolute Gasteiger partial charge is 0.352 e. The maximum Gasteiger partial charge on any atom is 0.419 e. The number of carbonyl (C=O) groups is 1. The van der Waals surface area contributed by atoms with E-state index in [9.17, 15) is 18.0 Å². The van der Waals surface area contributed by atoms with E-state index in [0.29, 0.717) is 17.8 Å². The van der Waals surface area contributed by atoms with Crippen molar-refractivity contribution in [3.8, 4) is 5.69 Å². The largest absolute Gasteiger partial charge is 0.419 e. The Morgan fingerprint density at radius 2 is 1.84 bits per heavy atom. The number of nitrogens with zero attached hydrogens (tertiary/aromatic N) is 6. The van der Waals surface area contributed by atoms with Crippen molar-refractivity contribution in [3.63, 3.8) is 0 Å². The van der Waals surface area contributed by atoms with Gasteiger partial charge in [-0.25, -0.2) is 9.97 Å². The minimum absolute atomic E-state index is 0.0559. The number of alkyl halides is 3. The summed E-state index contributed by atoms with van der Waals surface area (Å²) in [5.74, 6) is -0.151. The average Bonchev–Trinajstić information content (AvgIpc) is 3.27. The van der Waals surface area contributed by atoms with E-state index in [1.165, 1.54) is 17.2 Å². The number of anilines is 1. The van der Waals surface area contributed by atoms with Crippen LogP contribution in [0.2, 0.25) is 0 Å². The summed E-state index contributed by atoms with van der Waals surface area (Å²) < 4.78 is 37.9. The Morgan fingerprint density at radius 1 is 1.19 bits per heavy atom. The predicted octanol–water partition coefficient (Wildman–Crippen LogP) is 3.35. The molecule has 0 aliphatic heterocycles. The first-order valence-corrected chi connectivity index (χ1v) is 9.62. The van der Waals surface area contributed by atoms with Crippen LogP contribution >= 0.6 is 0 Å². The number of likely N-dealkylation sites (N-methyl/N-ethyl adjacent to an activating group) is 1. The maximum absolute atomic E-state index is 13.3. The van der Waals surface area contributed by atoms with Crippen molar-refractivity contribution >= 4 is 11.9 Å². The average molecular weight is 433 g/mol. The SMILES string of the molecule is CCN(C(=O)c1cc(C)ccc1-n1nccn1)C(C)CNc1ncc(C(F)(F)F)cn1. The first-order valence-electron chi connectivity index (χ1n) is 9.62. The summed E-state index contributed by atoms with van der Waals surface area (Å²) in [6.45, 7) is 6.26. The molecule has 8 nitrogen and oxygen atoms in total. The first kappa shape index (κ1) is 22.2. The number of nitrogens with one attached hydrogen (secondary N) is 1. The Bertz CT molecular complexity index is 1020. The molecule has 1 N–H and O–H groups in total. The van der Waals surface area contributed by atoms with Gasteiger partial charge in [-0.3, -0.25) is 4.79 Å². The monoisotopic (exact) mass is 433 g/mol. The molecule has 0 saturated heterocycles. The Hall–Kier alpha value is -3.50. The molecule has 164 valence electrons. The minimum atomic E-state index is -4.49. The molecule has 31 heavy (non-hydrogen) atoms. The molecule has 1 aromatic carbocycles. The number of halogens is 3. The van der Waals surface area contributed by atoms with Crippen LogP contribution in [-0.4, -0.2) is 54.9 Å². The van der Waals surface area contributed by atoms with Crippen molar-refractivity contribution in [2.75, 3.05) is 18.4 Å². The number of amides is 1. The van der Waals surface area contributed by atoms with E-state index >= 15 is 0 Å². The van der Waals surface area contributed by atoms with Gasteiger partial charge in [0.1, 0.15) is 0 Å². The predicted molar refractivity (Wildman–Crippen MR) is 108 cm³/mol. The van der Waals surface area contributed by atoms with Crippen LogP contribution in [0.1, 0.15) is 35.3 Å². The molecule has 0 aliphatic carbocycles. The zero-order valence-electron chi connectivity index (χ0n) is 17.3. The van der Waals surface area contributed by atoms with Crippen LogP contribution in [0.4, 0.5) is 19.1 Å². The van der Waals surface area contributed by atoms with Crippen molar-refractivity contribution in [3.05, 3.63) is 59.7 Å². The first-order chi connectivity index (χ1) is 14.7. The topological polar surface area (TPSA) is 88.8 Å². The number of hydrogen-bond donors (Lipinski definition) is 1. The lowest BCUT2D eigenvalue weighted by molar-refractivity contribution is -0.138. The molecule has 0 fully saturated rings. The summed E-state index contributed by atoms with van der Waals surface area (Å²) in [5, 5.41) is 11.1. The highest BCUT2D eigenvalue weighted by molar-refractivity contribution is 5.98. The molecule has 11 heteroatoms. The number of benzene rings is 1. The lowest BCUT2D eigenvalue weighted by Gasteiger charge is -2.29. The van der Waals surface area contributed by atoms with Gasteiger partial charge in [-0.05, 0) is 32.9 Å². The molecule has 1 amide bonds. The van der Waals surface area contributed by atoms with Gasteiger partial charge < -0.3 is 10.2 Å². The molecular formula is C20H22F3N7O. The lowest BCUT2D eigenvalue weighted by atomic mass is 10.1. The summed E-state index contributed by atoms with van der Waals surface area (Å²) in [5.41, 5.74) is 1.01. The molecule has 0 spiro atoms. The van der Waals surface area contributed by atoms with E-state index in [0.717, 1.165) is 18.0 Å². The van der Waals surface area contributed by atoms with Crippen molar-refractivity contribution in [1.82, 2.24) is 29.9 Å². The van der Waals surface area contributed by atoms with Gasteiger partial charge in [-0.1, -0.05) is 11.6 Å². The van der Waals surface area contributed by atoms with Crippen LogP contribution in [0, 0.1) is 6.92 Å². The van der Waals surface area contributed by atoms with Crippen LogP contribution in [-0.2, 0) is 6.18 Å². The van der Waals surface area contributed by atoms with Gasteiger partial charge in [-0.15, -0.1) is 0 Å². The molecule has 3 aromatic rings. The standard InChI is InChI=1S/C20H22F3N7O/c1-4-29(14(3)10-24-19-25-11-15(12-26-19)20(21,22)23)18(31)16-9-13(2)5-6-17(16)30-27-7-8-28-30/h5-9,11-12,14H,4,10H2,1-3H3,(H,24,25,26). The van der Waals surface area contributed by atoms with Gasteiger partial charge in [0.25, 0.3) is 5.91 Å². The molecule has 1 unspecified atom stereocenters. The summed E-state index contributed by atoms with van der Waals surface area (Å²) in [6.07, 6.45) is 0.00845. The summed E-state index contributed by atoms with van der Waals surface area (Å²) in [4.78, 5) is 23.8. The highest BCUT2D eigenvalue weighted by Crippen LogP contribution is 2.28. The number of aryl methyl sites for hydroxylation is 1. The van der Waals surface area contributed by atoms with Crippen molar-refractivity contribution in [2.24, 2.45) is 0 Å². The molecule has 2 heterocycles. The fourth-order valence-corrected chi connectivity index (χ4v) is 3.06. The van der Waals surface area contributed by atoms with Gasteiger partial charge >= 0.3 is 6.18 Å². The molecule has 1 atom stereocenters. The third kappa shape index (κ3) is 5.16. The van der Waals surface area contributed by atoms with Crippen molar-refractivity contribution in [1.29, 1.82) is 0 Å². The van der Waals surface area contributed by atoms with Gasteiger partial charge in [0, 0.05) is 31.5 Å². The fraction of sp³-hybridized carbons (Fsp3) is 0.350. The Kier molecular flexibility index (Phi) is 6.52. The van der Waals surface area contributed by atoms with E-state index in [-0.39, 0.29) is 24.4 Å². The van der Waals surface area contributed by atoms with Gasteiger partial charge in [0.15, 0.2) is 0 Å². The van der Waals surface area contributed by atoms with E-state index in [1.807, 2.05) is 26.8 Å². The highest BCUT2D eigenvalue weighted by Gasteiger charge is 2.31. The van der Waals surface area contributed by atoms with Crippen LogP contribution in [0.25, 0.3) is 5.69 Å². The zero-order valence-corrected chi connectivity index (χ0v) is 17.3. The molecule has 2 aromatic heterocycles. The van der Waals surface area contributed by atoms with Crippen molar-refractivity contribution in [2.45, 2.75) is 33.0 Å². The minimum Gasteiger partial charge on any atom is -0.352 e. The van der Waals surface area contributed by atoms with Crippen LogP contribution in [0.5, 0.6) is 0 Å². The van der Waals surface area contributed by atoms with Gasteiger partial charge in [0.2, 0.25) is 5.95 Å². The number of carbonyl (C=O) groups excluding carboxylic acids is 1.